The number of ether oxygens (including phenoxy) is 1. The standard InChI is InChI=1S/C12H16BrNO2/c1-16-12(15)11(14)4-2-3-9-5-7-10(13)8-6-9/h5-8,11H,2-4,14H2,1H3. The Hall–Kier alpha value is -0.870. The Kier molecular flexibility index (Phi) is 5.49. The van der Waals surface area contributed by atoms with Crippen LogP contribution in [0.3, 0.4) is 0 Å². The largest absolute Gasteiger partial charge is 0.468 e. The maximum Gasteiger partial charge on any atom is 0.322 e. The number of methoxy groups -OCH3 is 1. The van der Waals surface area contributed by atoms with E-state index in [1.165, 1.54) is 12.7 Å². The van der Waals surface area contributed by atoms with Crippen molar-refractivity contribution in [1.82, 2.24) is 0 Å². The van der Waals surface area contributed by atoms with Crippen LogP contribution in [0.1, 0.15) is 18.4 Å². The van der Waals surface area contributed by atoms with E-state index in [2.05, 4.69) is 32.8 Å². The fourth-order valence-corrected chi connectivity index (χ4v) is 1.71. The second-order valence-corrected chi connectivity index (χ2v) is 4.56. The van der Waals surface area contributed by atoms with Gasteiger partial charge in [0.2, 0.25) is 0 Å². The van der Waals surface area contributed by atoms with Gasteiger partial charge in [0.25, 0.3) is 0 Å². The Bertz CT molecular complexity index is 337. The lowest BCUT2D eigenvalue weighted by molar-refractivity contribution is -0.142. The summed E-state index contributed by atoms with van der Waals surface area (Å²) >= 11 is 3.38. The highest BCUT2D eigenvalue weighted by atomic mass is 79.9. The van der Waals surface area contributed by atoms with Crippen molar-refractivity contribution in [3.63, 3.8) is 0 Å². The number of esters is 1. The van der Waals surface area contributed by atoms with Crippen molar-refractivity contribution in [2.75, 3.05) is 7.11 Å². The van der Waals surface area contributed by atoms with Gasteiger partial charge < -0.3 is 10.5 Å². The Balaban J connectivity index is 2.30. The molecular weight excluding hydrogens is 270 g/mol. The zero-order valence-electron chi connectivity index (χ0n) is 9.28. The molecule has 0 bridgehead atoms. The summed E-state index contributed by atoms with van der Waals surface area (Å²) in [5.74, 6) is -0.337. The molecule has 0 aromatic heterocycles. The van der Waals surface area contributed by atoms with E-state index in [-0.39, 0.29) is 5.97 Å². The predicted octanol–water partition coefficient (Wildman–Crippen LogP) is 2.27. The first-order valence-corrected chi connectivity index (χ1v) is 6.00. The van der Waals surface area contributed by atoms with Crippen molar-refractivity contribution in [2.24, 2.45) is 5.73 Å². The quantitative estimate of drug-likeness (QED) is 0.845. The minimum atomic E-state index is -0.500. The highest BCUT2D eigenvalue weighted by Crippen LogP contribution is 2.12. The molecule has 1 atom stereocenters. The fourth-order valence-electron chi connectivity index (χ4n) is 1.45. The smallest absolute Gasteiger partial charge is 0.322 e. The molecule has 0 spiro atoms. The zero-order chi connectivity index (χ0) is 12.0. The lowest BCUT2D eigenvalue weighted by atomic mass is 10.1. The van der Waals surface area contributed by atoms with Crippen LogP contribution in [0.15, 0.2) is 28.7 Å². The molecule has 0 fully saturated rings. The summed E-state index contributed by atoms with van der Waals surface area (Å²) in [4.78, 5) is 11.0. The van der Waals surface area contributed by atoms with Gasteiger partial charge in [-0.2, -0.15) is 0 Å². The predicted molar refractivity (Wildman–Crippen MR) is 67.1 cm³/mol. The van der Waals surface area contributed by atoms with Crippen LogP contribution < -0.4 is 5.73 Å². The molecule has 0 aliphatic rings. The van der Waals surface area contributed by atoms with Gasteiger partial charge in [0.1, 0.15) is 6.04 Å². The number of carbonyl (C=O) groups is 1. The molecule has 88 valence electrons. The van der Waals surface area contributed by atoms with E-state index in [1.807, 2.05) is 12.1 Å². The van der Waals surface area contributed by atoms with Crippen LogP contribution in [0.25, 0.3) is 0 Å². The summed E-state index contributed by atoms with van der Waals surface area (Å²) in [6.45, 7) is 0. The van der Waals surface area contributed by atoms with Crippen molar-refractivity contribution in [2.45, 2.75) is 25.3 Å². The summed E-state index contributed by atoms with van der Waals surface area (Å²) in [6.07, 6.45) is 2.47. The molecule has 1 aromatic rings. The number of hydrogen-bond acceptors (Lipinski definition) is 3. The van der Waals surface area contributed by atoms with Crippen LogP contribution in [0, 0.1) is 0 Å². The molecule has 4 heteroatoms. The van der Waals surface area contributed by atoms with E-state index in [1.54, 1.807) is 0 Å². The van der Waals surface area contributed by atoms with Gasteiger partial charge in [-0.3, -0.25) is 4.79 Å². The van der Waals surface area contributed by atoms with E-state index >= 15 is 0 Å². The molecule has 0 saturated heterocycles. The molecule has 0 amide bonds. The number of hydrogen-bond donors (Lipinski definition) is 1. The van der Waals surface area contributed by atoms with Crippen LogP contribution in [-0.4, -0.2) is 19.1 Å². The van der Waals surface area contributed by atoms with E-state index in [9.17, 15) is 4.79 Å². The minimum absolute atomic E-state index is 0.337. The van der Waals surface area contributed by atoms with Crippen molar-refractivity contribution in [3.8, 4) is 0 Å². The first-order chi connectivity index (χ1) is 7.63. The van der Waals surface area contributed by atoms with Crippen LogP contribution in [0.5, 0.6) is 0 Å². The highest BCUT2D eigenvalue weighted by molar-refractivity contribution is 9.10. The lowest BCUT2D eigenvalue weighted by Gasteiger charge is -2.08. The van der Waals surface area contributed by atoms with Crippen molar-refractivity contribution in [1.29, 1.82) is 0 Å². The third kappa shape index (κ3) is 4.33. The van der Waals surface area contributed by atoms with E-state index < -0.39 is 6.04 Å². The van der Waals surface area contributed by atoms with Gasteiger partial charge in [-0.05, 0) is 37.0 Å². The number of halogens is 1. The van der Waals surface area contributed by atoms with Gasteiger partial charge in [-0.25, -0.2) is 0 Å². The molecule has 0 heterocycles. The first kappa shape index (κ1) is 13.2. The topological polar surface area (TPSA) is 52.3 Å². The van der Waals surface area contributed by atoms with Crippen LogP contribution >= 0.6 is 15.9 Å². The molecule has 0 radical (unpaired) electrons. The molecule has 16 heavy (non-hydrogen) atoms. The maximum absolute atomic E-state index is 11.0. The second kappa shape index (κ2) is 6.66. The number of benzene rings is 1. The molecule has 0 aliphatic carbocycles. The molecule has 0 aliphatic heterocycles. The summed E-state index contributed by atoms with van der Waals surface area (Å²) in [7, 11) is 1.36. The Morgan fingerprint density at radius 2 is 2.06 bits per heavy atom. The molecule has 1 aromatic carbocycles. The number of nitrogens with two attached hydrogens (primary N) is 1. The number of rotatable bonds is 5. The van der Waals surface area contributed by atoms with Crippen LogP contribution in [0.2, 0.25) is 0 Å². The van der Waals surface area contributed by atoms with Gasteiger partial charge in [-0.1, -0.05) is 28.1 Å². The highest BCUT2D eigenvalue weighted by Gasteiger charge is 2.12. The molecule has 2 N–H and O–H groups in total. The Morgan fingerprint density at radius 3 is 2.62 bits per heavy atom. The van der Waals surface area contributed by atoms with Gasteiger partial charge >= 0.3 is 5.97 Å². The molecular formula is C12H16BrNO2. The van der Waals surface area contributed by atoms with Gasteiger partial charge in [0.15, 0.2) is 0 Å². The Morgan fingerprint density at radius 1 is 1.44 bits per heavy atom. The van der Waals surface area contributed by atoms with E-state index in [0.717, 1.165) is 17.3 Å². The molecule has 1 rings (SSSR count). The van der Waals surface area contributed by atoms with Crippen molar-refractivity contribution >= 4 is 21.9 Å². The molecule has 3 nitrogen and oxygen atoms in total. The molecule has 0 saturated carbocycles. The van der Waals surface area contributed by atoms with E-state index in [0.29, 0.717) is 6.42 Å². The normalized spacial score (nSPS) is 12.2. The monoisotopic (exact) mass is 285 g/mol. The molecule has 1 unspecified atom stereocenters. The van der Waals surface area contributed by atoms with Crippen LogP contribution in [-0.2, 0) is 16.0 Å². The first-order valence-electron chi connectivity index (χ1n) is 5.21. The zero-order valence-corrected chi connectivity index (χ0v) is 10.9. The number of carbonyl (C=O) groups excluding carboxylic acids is 1. The summed E-state index contributed by atoms with van der Waals surface area (Å²) in [5.41, 5.74) is 6.88. The lowest BCUT2D eigenvalue weighted by Crippen LogP contribution is -2.31. The maximum atomic E-state index is 11.0. The van der Waals surface area contributed by atoms with E-state index in [4.69, 9.17) is 5.73 Å². The van der Waals surface area contributed by atoms with Crippen molar-refractivity contribution in [3.05, 3.63) is 34.3 Å². The third-order valence-electron chi connectivity index (χ3n) is 2.40. The summed E-state index contributed by atoms with van der Waals surface area (Å²) < 4.78 is 5.63. The summed E-state index contributed by atoms with van der Waals surface area (Å²) in [6, 6.07) is 7.65. The fraction of sp³-hybridized carbons (Fsp3) is 0.417. The number of aryl methyl sites for hydroxylation is 1. The van der Waals surface area contributed by atoms with Crippen LogP contribution in [0.4, 0.5) is 0 Å². The van der Waals surface area contributed by atoms with Gasteiger partial charge in [0, 0.05) is 4.47 Å². The van der Waals surface area contributed by atoms with Crippen molar-refractivity contribution < 1.29 is 9.53 Å². The van der Waals surface area contributed by atoms with Gasteiger partial charge in [0.05, 0.1) is 7.11 Å². The average Bonchev–Trinajstić information content (AvgIpc) is 2.30. The Labute approximate surface area is 104 Å². The summed E-state index contributed by atoms with van der Waals surface area (Å²) in [5, 5.41) is 0. The SMILES string of the molecule is COC(=O)C(N)CCCc1ccc(Br)cc1. The third-order valence-corrected chi connectivity index (χ3v) is 2.93. The minimum Gasteiger partial charge on any atom is -0.468 e. The average molecular weight is 286 g/mol. The van der Waals surface area contributed by atoms with Gasteiger partial charge in [-0.15, -0.1) is 0 Å². The second-order valence-electron chi connectivity index (χ2n) is 3.65.